The minimum atomic E-state index is -4.40. The van der Waals surface area contributed by atoms with Gasteiger partial charge in [-0.2, -0.15) is 4.72 Å². The highest BCUT2D eigenvalue weighted by atomic mass is 79.9. The van der Waals surface area contributed by atoms with Crippen LogP contribution in [0.5, 0.6) is 0 Å². The first-order valence-corrected chi connectivity index (χ1v) is 8.08. The van der Waals surface area contributed by atoms with E-state index in [9.17, 15) is 13.0 Å². The number of benzene rings is 1. The van der Waals surface area contributed by atoms with Gasteiger partial charge in [-0.25, -0.2) is 8.42 Å². The standard InChI is InChI=1S/C7H9BrNO5PS/c8-6-3-1-2-4-7(6)16(13,14)9-5-15(10,11)12/h1-4,9H,5H2,(H2,10,11,12). The lowest BCUT2D eigenvalue weighted by molar-refractivity contribution is 0.371. The van der Waals surface area contributed by atoms with Crippen molar-refractivity contribution in [2.75, 3.05) is 6.29 Å². The number of rotatable bonds is 4. The Morgan fingerprint density at radius 1 is 1.31 bits per heavy atom. The Kier molecular flexibility index (Phi) is 4.28. The van der Waals surface area contributed by atoms with Crippen molar-refractivity contribution in [3.05, 3.63) is 28.7 Å². The molecule has 16 heavy (non-hydrogen) atoms. The molecule has 0 amide bonds. The fourth-order valence-electron chi connectivity index (χ4n) is 0.909. The molecule has 6 nitrogen and oxygen atoms in total. The second kappa shape index (κ2) is 4.95. The lowest BCUT2D eigenvalue weighted by atomic mass is 10.4. The molecule has 0 spiro atoms. The van der Waals surface area contributed by atoms with E-state index in [4.69, 9.17) is 9.79 Å². The SMILES string of the molecule is O=P(O)(O)CNS(=O)(=O)c1ccccc1Br. The van der Waals surface area contributed by atoms with Gasteiger partial charge in [-0.05, 0) is 28.1 Å². The highest BCUT2D eigenvalue weighted by Crippen LogP contribution is 2.33. The average Bonchev–Trinajstić information content (AvgIpc) is 2.14. The molecule has 0 aromatic heterocycles. The van der Waals surface area contributed by atoms with E-state index >= 15 is 0 Å². The van der Waals surface area contributed by atoms with Crippen LogP contribution in [-0.4, -0.2) is 24.5 Å². The van der Waals surface area contributed by atoms with Gasteiger partial charge in [0.25, 0.3) is 0 Å². The van der Waals surface area contributed by atoms with Gasteiger partial charge in [0.2, 0.25) is 10.0 Å². The van der Waals surface area contributed by atoms with E-state index in [1.165, 1.54) is 18.2 Å². The van der Waals surface area contributed by atoms with Gasteiger partial charge in [0, 0.05) is 4.47 Å². The smallest absolute Gasteiger partial charge is 0.324 e. The second-order valence-corrected chi connectivity index (χ2v) is 7.14. The van der Waals surface area contributed by atoms with Gasteiger partial charge >= 0.3 is 7.60 Å². The molecule has 0 radical (unpaired) electrons. The molecule has 0 saturated heterocycles. The van der Waals surface area contributed by atoms with Crippen LogP contribution in [-0.2, 0) is 14.6 Å². The summed E-state index contributed by atoms with van der Waals surface area (Å²) in [5.74, 6) is 0. The molecule has 0 unspecified atom stereocenters. The maximum Gasteiger partial charge on any atom is 0.340 e. The van der Waals surface area contributed by atoms with Gasteiger partial charge in [-0.3, -0.25) is 4.57 Å². The van der Waals surface area contributed by atoms with E-state index in [-0.39, 0.29) is 4.90 Å². The average molecular weight is 330 g/mol. The van der Waals surface area contributed by atoms with E-state index < -0.39 is 23.9 Å². The van der Waals surface area contributed by atoms with Gasteiger partial charge < -0.3 is 9.79 Å². The molecule has 0 atom stereocenters. The zero-order valence-electron chi connectivity index (χ0n) is 7.87. The third kappa shape index (κ3) is 3.97. The van der Waals surface area contributed by atoms with E-state index in [0.717, 1.165) is 0 Å². The summed E-state index contributed by atoms with van der Waals surface area (Å²) in [7, 11) is -8.32. The molecular formula is C7H9BrNO5PS. The summed E-state index contributed by atoms with van der Waals surface area (Å²) in [6, 6.07) is 5.99. The first-order valence-electron chi connectivity index (χ1n) is 4.01. The Hall–Kier alpha value is -0.240. The monoisotopic (exact) mass is 329 g/mol. The molecule has 1 aromatic rings. The van der Waals surface area contributed by atoms with E-state index in [1.54, 1.807) is 6.07 Å². The van der Waals surface area contributed by atoms with Gasteiger partial charge in [-0.15, -0.1) is 0 Å². The Morgan fingerprint density at radius 2 is 1.88 bits per heavy atom. The summed E-state index contributed by atoms with van der Waals surface area (Å²) in [5, 5.41) is 0. The molecule has 0 aliphatic carbocycles. The van der Waals surface area contributed by atoms with Crippen molar-refractivity contribution in [1.29, 1.82) is 0 Å². The molecule has 90 valence electrons. The fraction of sp³-hybridized carbons (Fsp3) is 0.143. The number of sulfonamides is 1. The molecule has 0 saturated carbocycles. The minimum Gasteiger partial charge on any atom is -0.324 e. The molecule has 0 aliphatic heterocycles. The number of hydrogen-bond acceptors (Lipinski definition) is 3. The summed E-state index contributed by atoms with van der Waals surface area (Å²) < 4.78 is 35.9. The summed E-state index contributed by atoms with van der Waals surface area (Å²) in [6.45, 7) is 0. The van der Waals surface area contributed by atoms with Crippen molar-refractivity contribution in [3.63, 3.8) is 0 Å². The lowest BCUT2D eigenvalue weighted by Crippen LogP contribution is -2.25. The first kappa shape index (κ1) is 13.8. The van der Waals surface area contributed by atoms with E-state index in [0.29, 0.717) is 4.47 Å². The van der Waals surface area contributed by atoms with Gasteiger partial charge in [-0.1, -0.05) is 12.1 Å². The van der Waals surface area contributed by atoms with Crippen molar-refractivity contribution in [2.45, 2.75) is 4.90 Å². The number of nitrogens with one attached hydrogen (secondary N) is 1. The van der Waals surface area contributed by atoms with Crippen LogP contribution in [0.2, 0.25) is 0 Å². The van der Waals surface area contributed by atoms with Gasteiger partial charge in [0.05, 0.1) is 4.90 Å². The van der Waals surface area contributed by atoms with Crippen LogP contribution in [0.15, 0.2) is 33.6 Å². The second-order valence-electron chi connectivity index (χ2n) is 2.90. The Labute approximate surface area is 101 Å². The van der Waals surface area contributed by atoms with Crippen LogP contribution < -0.4 is 4.72 Å². The highest BCUT2D eigenvalue weighted by Gasteiger charge is 2.21. The van der Waals surface area contributed by atoms with Crippen molar-refractivity contribution in [3.8, 4) is 0 Å². The summed E-state index contributed by atoms with van der Waals surface area (Å²) in [6.07, 6.45) is -0.920. The molecule has 9 heteroatoms. The number of halogens is 1. The summed E-state index contributed by atoms with van der Waals surface area (Å²) in [4.78, 5) is 17.1. The van der Waals surface area contributed by atoms with Crippen molar-refractivity contribution >= 4 is 33.5 Å². The third-order valence-electron chi connectivity index (χ3n) is 1.59. The number of hydrogen-bond donors (Lipinski definition) is 3. The van der Waals surface area contributed by atoms with E-state index in [1.807, 2.05) is 4.72 Å². The van der Waals surface area contributed by atoms with Crippen LogP contribution >= 0.6 is 23.5 Å². The van der Waals surface area contributed by atoms with Gasteiger partial charge in [0.15, 0.2) is 0 Å². The lowest BCUT2D eigenvalue weighted by Gasteiger charge is -2.08. The van der Waals surface area contributed by atoms with E-state index in [2.05, 4.69) is 15.9 Å². The van der Waals surface area contributed by atoms with Crippen LogP contribution in [0.25, 0.3) is 0 Å². The third-order valence-corrected chi connectivity index (χ3v) is 4.78. The van der Waals surface area contributed by atoms with Crippen LogP contribution in [0, 0.1) is 0 Å². The molecule has 0 bridgehead atoms. The molecule has 1 aromatic carbocycles. The van der Waals surface area contributed by atoms with Crippen molar-refractivity contribution in [2.24, 2.45) is 0 Å². The quantitative estimate of drug-likeness (QED) is 0.711. The maximum absolute atomic E-state index is 11.6. The molecular weight excluding hydrogens is 321 g/mol. The topological polar surface area (TPSA) is 104 Å². The van der Waals surface area contributed by atoms with Gasteiger partial charge in [0.1, 0.15) is 6.29 Å². The van der Waals surface area contributed by atoms with Crippen LogP contribution in [0.1, 0.15) is 0 Å². The molecule has 0 heterocycles. The van der Waals surface area contributed by atoms with Crippen LogP contribution in [0.4, 0.5) is 0 Å². The first-order chi connectivity index (χ1) is 7.22. The summed E-state index contributed by atoms with van der Waals surface area (Å²) in [5.41, 5.74) is 0. The molecule has 0 fully saturated rings. The predicted molar refractivity (Wildman–Crippen MR) is 61.4 cm³/mol. The zero-order valence-corrected chi connectivity index (χ0v) is 11.2. The fourth-order valence-corrected chi connectivity index (χ4v) is 3.92. The Bertz CT molecular complexity index is 525. The van der Waals surface area contributed by atoms with Crippen LogP contribution in [0.3, 0.4) is 0 Å². The van der Waals surface area contributed by atoms with Crippen molar-refractivity contribution < 1.29 is 22.8 Å². The molecule has 3 N–H and O–H groups in total. The zero-order chi connectivity index (χ0) is 12.4. The highest BCUT2D eigenvalue weighted by molar-refractivity contribution is 9.10. The predicted octanol–water partition coefficient (Wildman–Crippen LogP) is 0.863. The normalized spacial score (nSPS) is 12.7. The molecule has 1 rings (SSSR count). The molecule has 0 aliphatic rings. The van der Waals surface area contributed by atoms with Crippen molar-refractivity contribution in [1.82, 2.24) is 4.72 Å². The largest absolute Gasteiger partial charge is 0.340 e. The minimum absolute atomic E-state index is 0.0662. The maximum atomic E-state index is 11.6. The Morgan fingerprint density at radius 3 is 2.38 bits per heavy atom. The Balaban J connectivity index is 2.96. The summed E-state index contributed by atoms with van der Waals surface area (Å²) >= 11 is 3.04.